The van der Waals surface area contributed by atoms with Crippen LogP contribution in [0.2, 0.25) is 0 Å². The molecule has 16 heavy (non-hydrogen) atoms. The van der Waals surface area contributed by atoms with Gasteiger partial charge in [0.2, 0.25) is 0 Å². The van der Waals surface area contributed by atoms with Gasteiger partial charge >= 0.3 is 0 Å². The summed E-state index contributed by atoms with van der Waals surface area (Å²) >= 11 is 6.64. The molecule has 0 aliphatic carbocycles. The molecule has 0 saturated heterocycles. The zero-order valence-electron chi connectivity index (χ0n) is 8.24. The van der Waals surface area contributed by atoms with Gasteiger partial charge in [-0.15, -0.1) is 23.1 Å². The Labute approximate surface area is 110 Å². The number of thiophene rings is 1. The number of halogens is 2. The summed E-state index contributed by atoms with van der Waals surface area (Å²) in [5, 5.41) is 0. The Bertz CT molecular complexity index is 498. The van der Waals surface area contributed by atoms with E-state index in [4.69, 9.17) is 5.73 Å². The van der Waals surface area contributed by atoms with Crippen molar-refractivity contribution in [2.75, 3.05) is 5.73 Å². The molecule has 1 aromatic heterocycles. The summed E-state index contributed by atoms with van der Waals surface area (Å²) in [7, 11) is 0. The molecule has 2 N–H and O–H groups in total. The van der Waals surface area contributed by atoms with Crippen LogP contribution < -0.4 is 5.73 Å². The lowest BCUT2D eigenvalue weighted by Gasteiger charge is -2.04. The van der Waals surface area contributed by atoms with Gasteiger partial charge < -0.3 is 5.73 Å². The number of benzene rings is 1. The molecule has 0 saturated carbocycles. The van der Waals surface area contributed by atoms with Gasteiger partial charge in [0.25, 0.3) is 0 Å². The van der Waals surface area contributed by atoms with Crippen LogP contribution in [0.3, 0.4) is 0 Å². The smallest absolute Gasteiger partial charge is 0.124 e. The van der Waals surface area contributed by atoms with Crippen molar-refractivity contribution < 1.29 is 4.39 Å². The van der Waals surface area contributed by atoms with E-state index in [0.717, 1.165) is 14.4 Å². The Morgan fingerprint density at radius 2 is 2.12 bits per heavy atom. The molecule has 0 bridgehead atoms. The summed E-state index contributed by atoms with van der Waals surface area (Å²) in [6, 6.07) is 8.51. The summed E-state index contributed by atoms with van der Waals surface area (Å²) in [5.74, 6) is 0.563. The van der Waals surface area contributed by atoms with E-state index in [9.17, 15) is 4.39 Å². The molecule has 1 nitrogen and oxygen atoms in total. The lowest BCUT2D eigenvalue weighted by molar-refractivity contribution is 0.624. The summed E-state index contributed by atoms with van der Waals surface area (Å²) < 4.78 is 14.1. The highest BCUT2D eigenvalue weighted by Crippen LogP contribution is 2.32. The Kier molecular flexibility index (Phi) is 3.89. The molecule has 0 aliphatic rings. The number of rotatable bonds is 3. The summed E-state index contributed by atoms with van der Waals surface area (Å²) in [4.78, 5) is 2.03. The molecule has 0 atom stereocenters. The van der Waals surface area contributed by atoms with Crippen molar-refractivity contribution in [1.82, 2.24) is 0 Å². The second kappa shape index (κ2) is 5.21. The number of anilines is 1. The van der Waals surface area contributed by atoms with Crippen LogP contribution in [0, 0.1) is 5.82 Å². The van der Waals surface area contributed by atoms with Gasteiger partial charge in [-0.1, -0.05) is 0 Å². The largest absolute Gasteiger partial charge is 0.398 e. The van der Waals surface area contributed by atoms with Crippen molar-refractivity contribution in [2.24, 2.45) is 0 Å². The highest BCUT2D eigenvalue weighted by atomic mass is 79.9. The fraction of sp³-hybridized carbons (Fsp3) is 0.0909. The third-order valence-corrected chi connectivity index (χ3v) is 4.90. The van der Waals surface area contributed by atoms with Crippen molar-refractivity contribution in [3.05, 3.63) is 44.8 Å². The maximum Gasteiger partial charge on any atom is 0.124 e. The van der Waals surface area contributed by atoms with Crippen molar-refractivity contribution in [3.8, 4) is 0 Å². The Morgan fingerprint density at radius 3 is 2.81 bits per heavy atom. The first kappa shape index (κ1) is 12.0. The first-order chi connectivity index (χ1) is 7.65. The molecule has 2 rings (SSSR count). The van der Waals surface area contributed by atoms with E-state index in [1.807, 2.05) is 6.07 Å². The van der Waals surface area contributed by atoms with Crippen LogP contribution in [-0.4, -0.2) is 0 Å². The summed E-state index contributed by atoms with van der Waals surface area (Å²) in [5.41, 5.74) is 6.39. The molecule has 0 amide bonds. The third kappa shape index (κ3) is 2.99. The first-order valence-electron chi connectivity index (χ1n) is 4.57. The number of hydrogen-bond donors (Lipinski definition) is 1. The SMILES string of the molecule is Nc1ccc(F)cc1SCc1ccc(Br)s1. The number of hydrogen-bond acceptors (Lipinski definition) is 3. The minimum absolute atomic E-state index is 0.246. The lowest BCUT2D eigenvalue weighted by Crippen LogP contribution is -1.89. The van der Waals surface area contributed by atoms with Crippen LogP contribution in [-0.2, 0) is 5.75 Å². The molecule has 84 valence electrons. The minimum Gasteiger partial charge on any atom is -0.398 e. The number of nitrogen functional groups attached to an aromatic ring is 1. The molecule has 1 heterocycles. The van der Waals surface area contributed by atoms with E-state index in [2.05, 4.69) is 22.0 Å². The van der Waals surface area contributed by atoms with E-state index < -0.39 is 0 Å². The van der Waals surface area contributed by atoms with Crippen molar-refractivity contribution in [2.45, 2.75) is 10.6 Å². The molecule has 5 heteroatoms. The van der Waals surface area contributed by atoms with Gasteiger partial charge in [-0.2, -0.15) is 0 Å². The molecular weight excluding hydrogens is 309 g/mol. The van der Waals surface area contributed by atoms with E-state index in [1.165, 1.54) is 17.0 Å². The molecule has 0 fully saturated rings. The monoisotopic (exact) mass is 317 g/mol. The molecule has 1 aromatic carbocycles. The Hall–Kier alpha value is -0.520. The lowest BCUT2D eigenvalue weighted by atomic mass is 10.3. The van der Waals surface area contributed by atoms with Crippen LogP contribution >= 0.6 is 39.0 Å². The summed E-state index contributed by atoms with van der Waals surface area (Å²) in [6.07, 6.45) is 0. The van der Waals surface area contributed by atoms with E-state index in [-0.39, 0.29) is 5.82 Å². The van der Waals surface area contributed by atoms with Crippen molar-refractivity contribution in [1.29, 1.82) is 0 Å². The molecule has 0 spiro atoms. The normalized spacial score (nSPS) is 10.6. The Balaban J connectivity index is 2.07. The zero-order valence-corrected chi connectivity index (χ0v) is 11.5. The van der Waals surface area contributed by atoms with E-state index in [0.29, 0.717) is 5.69 Å². The molecule has 2 aromatic rings. The molecule has 0 radical (unpaired) electrons. The topological polar surface area (TPSA) is 26.0 Å². The average molecular weight is 318 g/mol. The second-order valence-electron chi connectivity index (χ2n) is 3.18. The van der Waals surface area contributed by atoms with Gasteiger partial charge in [0.15, 0.2) is 0 Å². The Morgan fingerprint density at radius 1 is 1.31 bits per heavy atom. The van der Waals surface area contributed by atoms with Gasteiger partial charge in [0.1, 0.15) is 5.82 Å². The molecule has 0 aliphatic heterocycles. The minimum atomic E-state index is -0.246. The standard InChI is InChI=1S/C11H9BrFNS2/c12-11-4-2-8(16-11)6-15-10-5-7(13)1-3-9(10)14/h1-5H,6,14H2. The quantitative estimate of drug-likeness (QED) is 0.665. The summed E-state index contributed by atoms with van der Waals surface area (Å²) in [6.45, 7) is 0. The third-order valence-electron chi connectivity index (χ3n) is 1.97. The predicted molar refractivity (Wildman–Crippen MR) is 72.4 cm³/mol. The van der Waals surface area contributed by atoms with Gasteiger partial charge in [-0.3, -0.25) is 0 Å². The van der Waals surface area contributed by atoms with Gasteiger partial charge in [-0.25, -0.2) is 4.39 Å². The van der Waals surface area contributed by atoms with Crippen LogP contribution in [0.5, 0.6) is 0 Å². The fourth-order valence-corrected chi connectivity index (χ4v) is 3.73. The number of thioether (sulfide) groups is 1. The zero-order chi connectivity index (χ0) is 11.5. The van der Waals surface area contributed by atoms with E-state index >= 15 is 0 Å². The molecule has 0 unspecified atom stereocenters. The van der Waals surface area contributed by atoms with Crippen LogP contribution in [0.4, 0.5) is 10.1 Å². The van der Waals surface area contributed by atoms with Crippen LogP contribution in [0.1, 0.15) is 4.88 Å². The van der Waals surface area contributed by atoms with Crippen molar-refractivity contribution in [3.63, 3.8) is 0 Å². The van der Waals surface area contributed by atoms with Crippen LogP contribution in [0.25, 0.3) is 0 Å². The van der Waals surface area contributed by atoms with Crippen LogP contribution in [0.15, 0.2) is 39.0 Å². The van der Waals surface area contributed by atoms with Gasteiger partial charge in [0.05, 0.1) is 3.79 Å². The second-order valence-corrected chi connectivity index (χ2v) is 6.74. The average Bonchev–Trinajstić information content (AvgIpc) is 2.66. The highest BCUT2D eigenvalue weighted by Gasteiger charge is 2.04. The predicted octanol–water partition coefficient (Wildman–Crippen LogP) is 4.52. The first-order valence-corrected chi connectivity index (χ1v) is 7.17. The fourth-order valence-electron chi connectivity index (χ4n) is 1.21. The van der Waals surface area contributed by atoms with Crippen molar-refractivity contribution >= 4 is 44.7 Å². The maximum atomic E-state index is 13.0. The number of nitrogens with two attached hydrogens (primary N) is 1. The van der Waals surface area contributed by atoms with Gasteiger partial charge in [0, 0.05) is 21.2 Å². The molecular formula is C11H9BrFNS2. The van der Waals surface area contributed by atoms with E-state index in [1.54, 1.807) is 29.2 Å². The van der Waals surface area contributed by atoms with Gasteiger partial charge in [-0.05, 0) is 46.3 Å². The maximum absolute atomic E-state index is 13.0. The highest BCUT2D eigenvalue weighted by molar-refractivity contribution is 9.11.